The van der Waals surface area contributed by atoms with Crippen molar-refractivity contribution in [2.75, 3.05) is 7.11 Å². The maximum absolute atomic E-state index is 13.0. The molecule has 9 heteroatoms. The lowest BCUT2D eigenvalue weighted by atomic mass is 9.89. The lowest BCUT2D eigenvalue weighted by Crippen LogP contribution is -2.24. The van der Waals surface area contributed by atoms with Gasteiger partial charge in [0.05, 0.1) is 26.9 Å². The highest BCUT2D eigenvalue weighted by molar-refractivity contribution is 7.18. The number of aliphatic hydroxyl groups is 1. The molecule has 1 aliphatic carbocycles. The van der Waals surface area contributed by atoms with Crippen LogP contribution < -0.4 is 0 Å². The molecule has 1 N–H and O–H groups in total. The van der Waals surface area contributed by atoms with Crippen LogP contribution in [-0.4, -0.2) is 24.0 Å². The van der Waals surface area contributed by atoms with Crippen molar-refractivity contribution < 1.29 is 19.4 Å². The molecule has 0 fully saturated rings. The summed E-state index contributed by atoms with van der Waals surface area (Å²) in [5.41, 5.74) is 0.286. The maximum Gasteiger partial charge on any atom is 0.348 e. The zero-order valence-electron chi connectivity index (χ0n) is 14.7. The minimum absolute atomic E-state index is 0.160. The Bertz CT molecular complexity index is 914. The molecule has 0 aromatic carbocycles. The summed E-state index contributed by atoms with van der Waals surface area (Å²) in [6, 6.07) is 0. The summed E-state index contributed by atoms with van der Waals surface area (Å²) in [7, 11) is 1.33. The number of halogens is 3. The predicted molar refractivity (Wildman–Crippen MR) is 110 cm³/mol. The molecule has 0 spiro atoms. The van der Waals surface area contributed by atoms with Crippen LogP contribution in [-0.2, 0) is 23.2 Å². The number of hydrogen-bond acceptors (Lipinski definition) is 6. The molecule has 27 heavy (non-hydrogen) atoms. The highest BCUT2D eigenvalue weighted by Gasteiger charge is 2.36. The fourth-order valence-electron chi connectivity index (χ4n) is 3.30. The van der Waals surface area contributed by atoms with Crippen LogP contribution in [0.3, 0.4) is 0 Å². The second kappa shape index (κ2) is 8.01. The second-order valence-corrected chi connectivity index (χ2v) is 10.0. The van der Waals surface area contributed by atoms with E-state index < -0.39 is 11.6 Å². The van der Waals surface area contributed by atoms with Gasteiger partial charge in [0, 0.05) is 6.42 Å². The number of esters is 1. The number of thiophene rings is 2. The molecule has 1 aliphatic rings. The highest BCUT2D eigenvalue weighted by atomic mass is 35.5. The third-order valence-electron chi connectivity index (χ3n) is 4.59. The zero-order chi connectivity index (χ0) is 19.9. The molecule has 1 unspecified atom stereocenters. The number of ketones is 1. The third-order valence-corrected chi connectivity index (χ3v) is 8.72. The van der Waals surface area contributed by atoms with Crippen LogP contribution in [0.2, 0.25) is 14.4 Å². The van der Waals surface area contributed by atoms with Gasteiger partial charge in [0.1, 0.15) is 14.8 Å². The Kier molecular flexibility index (Phi) is 6.26. The van der Waals surface area contributed by atoms with E-state index in [0.717, 1.165) is 59.5 Å². The van der Waals surface area contributed by atoms with E-state index in [0.29, 0.717) is 14.6 Å². The minimum atomic E-state index is -1.52. The number of ether oxygens (including phenoxy) is 1. The van der Waals surface area contributed by atoms with Gasteiger partial charge < -0.3 is 9.84 Å². The normalized spacial score (nSPS) is 15.9. The molecular formula is C18H17Cl3O4S2. The van der Waals surface area contributed by atoms with E-state index in [4.69, 9.17) is 39.5 Å². The lowest BCUT2D eigenvalue weighted by molar-refractivity contribution is 0.0460. The van der Waals surface area contributed by atoms with Gasteiger partial charge in [-0.05, 0) is 43.7 Å². The summed E-state index contributed by atoms with van der Waals surface area (Å²) in [5.74, 6) is -0.668. The summed E-state index contributed by atoms with van der Waals surface area (Å²) in [5, 5.41) is 11.2. The van der Waals surface area contributed by atoms with E-state index in [-0.39, 0.29) is 26.6 Å². The van der Waals surface area contributed by atoms with E-state index in [1.807, 2.05) is 0 Å². The van der Waals surface area contributed by atoms with Gasteiger partial charge in [0.25, 0.3) is 0 Å². The van der Waals surface area contributed by atoms with Gasteiger partial charge in [-0.25, -0.2) is 4.79 Å². The molecule has 0 aliphatic heterocycles. The van der Waals surface area contributed by atoms with Crippen LogP contribution in [0, 0.1) is 0 Å². The molecule has 3 rings (SSSR count). The van der Waals surface area contributed by atoms with Crippen molar-refractivity contribution in [2.24, 2.45) is 0 Å². The molecule has 1 atom stereocenters. The molecule has 0 amide bonds. The number of fused-ring (bicyclic) bond motifs is 1. The number of methoxy groups -OCH3 is 1. The van der Waals surface area contributed by atoms with Gasteiger partial charge in [-0.2, -0.15) is 0 Å². The van der Waals surface area contributed by atoms with E-state index in [1.54, 1.807) is 0 Å². The summed E-state index contributed by atoms with van der Waals surface area (Å²) < 4.78 is 5.13. The van der Waals surface area contributed by atoms with Crippen molar-refractivity contribution in [3.05, 3.63) is 40.1 Å². The van der Waals surface area contributed by atoms with E-state index in [1.165, 1.54) is 14.0 Å². The van der Waals surface area contributed by atoms with Gasteiger partial charge in [-0.1, -0.05) is 34.8 Å². The second-order valence-electron chi connectivity index (χ2n) is 6.62. The summed E-state index contributed by atoms with van der Waals surface area (Å²) in [6.45, 7) is 1.51. The predicted octanol–water partition coefficient (Wildman–Crippen LogP) is 5.92. The molecule has 2 aromatic rings. The average Bonchev–Trinajstić information content (AvgIpc) is 3.14. The zero-order valence-corrected chi connectivity index (χ0v) is 18.6. The van der Waals surface area contributed by atoms with Crippen molar-refractivity contribution in [3.8, 4) is 0 Å². The van der Waals surface area contributed by atoms with Crippen molar-refractivity contribution in [3.63, 3.8) is 0 Å². The number of hydrogen-bond donors (Lipinski definition) is 1. The molecule has 146 valence electrons. The Hall–Kier alpha value is -0.630. The van der Waals surface area contributed by atoms with Gasteiger partial charge in [0.2, 0.25) is 0 Å². The molecular weight excluding hydrogens is 451 g/mol. The Labute approximate surface area is 180 Å². The third kappa shape index (κ3) is 3.93. The Morgan fingerprint density at radius 3 is 2.19 bits per heavy atom. The average molecular weight is 468 g/mol. The van der Waals surface area contributed by atoms with Crippen LogP contribution >= 0.6 is 57.5 Å². The Morgan fingerprint density at radius 1 is 1.07 bits per heavy atom. The molecule has 0 radical (unpaired) electrons. The largest absolute Gasteiger partial charge is 0.465 e. The first-order valence-corrected chi connectivity index (χ1v) is 11.1. The van der Waals surface area contributed by atoms with Crippen molar-refractivity contribution in [1.29, 1.82) is 0 Å². The van der Waals surface area contributed by atoms with Crippen molar-refractivity contribution in [2.45, 2.75) is 44.6 Å². The monoisotopic (exact) mass is 466 g/mol. The summed E-state index contributed by atoms with van der Waals surface area (Å²) in [6.07, 6.45) is 3.24. The quantitative estimate of drug-likeness (QED) is 0.438. The Balaban J connectivity index is 1.95. The first kappa shape index (κ1) is 21.1. The van der Waals surface area contributed by atoms with E-state index >= 15 is 0 Å². The molecule has 0 saturated carbocycles. The number of rotatable bonds is 5. The molecule has 4 nitrogen and oxygen atoms in total. The Morgan fingerprint density at radius 2 is 1.67 bits per heavy atom. The number of carbonyl (C=O) groups is 2. The van der Waals surface area contributed by atoms with Gasteiger partial charge >= 0.3 is 5.97 Å². The van der Waals surface area contributed by atoms with Crippen LogP contribution in [0.4, 0.5) is 0 Å². The minimum Gasteiger partial charge on any atom is -0.465 e. The number of carbonyl (C=O) groups excluding carboxylic acids is 2. The van der Waals surface area contributed by atoms with Crippen molar-refractivity contribution >= 4 is 69.2 Å². The van der Waals surface area contributed by atoms with E-state index in [2.05, 4.69) is 0 Å². The summed E-state index contributed by atoms with van der Waals surface area (Å²) in [4.78, 5) is 26.5. The summed E-state index contributed by atoms with van der Waals surface area (Å²) >= 11 is 20.4. The smallest absolute Gasteiger partial charge is 0.348 e. The first-order chi connectivity index (χ1) is 12.7. The topological polar surface area (TPSA) is 63.6 Å². The molecule has 0 saturated heterocycles. The first-order valence-electron chi connectivity index (χ1n) is 8.29. The molecule has 0 bridgehead atoms. The van der Waals surface area contributed by atoms with Gasteiger partial charge in [-0.3, -0.25) is 4.79 Å². The number of Topliss-reactive ketones (excluding diaryl/α,β-unsaturated/α-hetero) is 1. The van der Waals surface area contributed by atoms with Gasteiger partial charge in [-0.15, -0.1) is 22.7 Å². The van der Waals surface area contributed by atoms with Crippen LogP contribution in [0.25, 0.3) is 0 Å². The molecule has 2 heterocycles. The maximum atomic E-state index is 13.0. The lowest BCUT2D eigenvalue weighted by Gasteiger charge is -2.22. The van der Waals surface area contributed by atoms with Crippen LogP contribution in [0.1, 0.15) is 61.5 Å². The van der Waals surface area contributed by atoms with E-state index in [9.17, 15) is 14.7 Å². The van der Waals surface area contributed by atoms with Crippen LogP contribution in [0.5, 0.6) is 0 Å². The van der Waals surface area contributed by atoms with Crippen LogP contribution in [0.15, 0.2) is 0 Å². The highest BCUT2D eigenvalue weighted by Crippen LogP contribution is 2.47. The SMILES string of the molecule is COC(=O)c1sc(C(=O)CC(C)(O)c2sc(Cl)c(Cl)c2Cl)c2c1CCCC2. The fourth-order valence-corrected chi connectivity index (χ4v) is 6.52. The fraction of sp³-hybridized carbons (Fsp3) is 0.444. The van der Waals surface area contributed by atoms with Gasteiger partial charge in [0.15, 0.2) is 5.78 Å². The standard InChI is InChI=1S/C18H17Cl3O4S2/c1-18(24,15-11(19)12(20)16(21)27-15)7-10(22)13-8-5-3-4-6-9(8)14(26-13)17(23)25-2/h24H,3-7H2,1-2H3. The van der Waals surface area contributed by atoms with Crippen molar-refractivity contribution in [1.82, 2.24) is 0 Å². The molecule has 2 aromatic heterocycles.